The first-order valence-corrected chi connectivity index (χ1v) is 5.03. The van der Waals surface area contributed by atoms with Crippen LogP contribution in [-0.4, -0.2) is 11.3 Å². The number of aromatic nitrogens is 1. The minimum atomic E-state index is -4.92. The van der Waals surface area contributed by atoms with Crippen LogP contribution < -0.4 is 4.74 Å². The second-order valence-electron chi connectivity index (χ2n) is 3.51. The largest absolute Gasteiger partial charge is 0.573 e. The van der Waals surface area contributed by atoms with Gasteiger partial charge in [0.2, 0.25) is 5.95 Å². The number of rotatable bonds is 2. The van der Waals surface area contributed by atoms with E-state index in [4.69, 9.17) is 0 Å². The van der Waals surface area contributed by atoms with Crippen LogP contribution in [0.2, 0.25) is 0 Å². The van der Waals surface area contributed by atoms with E-state index in [0.717, 1.165) is 18.3 Å². The number of halogens is 5. The molecule has 7 heteroatoms. The molecule has 1 heterocycles. The van der Waals surface area contributed by atoms with Crippen molar-refractivity contribution >= 4 is 0 Å². The Kier molecular flexibility index (Phi) is 3.37. The normalized spacial score (nSPS) is 11.4. The van der Waals surface area contributed by atoms with Crippen LogP contribution in [0.15, 0.2) is 36.5 Å². The van der Waals surface area contributed by atoms with Crippen LogP contribution in [-0.2, 0) is 0 Å². The molecule has 1 aromatic heterocycles. The fraction of sp³-hybridized carbons (Fsp3) is 0.0833. The third-order valence-electron chi connectivity index (χ3n) is 2.25. The highest BCUT2D eigenvalue weighted by atomic mass is 19.4. The van der Waals surface area contributed by atoms with Gasteiger partial charge >= 0.3 is 6.36 Å². The van der Waals surface area contributed by atoms with Gasteiger partial charge in [0, 0.05) is 17.3 Å². The predicted molar refractivity (Wildman–Crippen MR) is 56.3 cm³/mol. The molecule has 2 rings (SSSR count). The number of ether oxygens (including phenoxy) is 1. The van der Waals surface area contributed by atoms with Gasteiger partial charge in [-0.3, -0.25) is 0 Å². The number of nitrogens with zero attached hydrogens (tertiary/aromatic N) is 1. The zero-order valence-electron chi connectivity index (χ0n) is 9.21. The molecule has 0 radical (unpaired) electrons. The van der Waals surface area contributed by atoms with E-state index in [1.165, 1.54) is 18.2 Å². The van der Waals surface area contributed by atoms with Gasteiger partial charge in [0.05, 0.1) is 0 Å². The van der Waals surface area contributed by atoms with Crippen molar-refractivity contribution in [3.05, 3.63) is 48.3 Å². The molecule has 1 aromatic carbocycles. The summed E-state index contributed by atoms with van der Waals surface area (Å²) in [5.41, 5.74) is -0.564. The molecule has 0 N–H and O–H groups in total. The predicted octanol–water partition coefficient (Wildman–Crippen LogP) is 3.93. The highest BCUT2D eigenvalue weighted by Crippen LogP contribution is 2.34. The zero-order chi connectivity index (χ0) is 14.0. The molecular weight excluding hydrogens is 269 g/mol. The Labute approximate surface area is 104 Å². The summed E-state index contributed by atoms with van der Waals surface area (Å²) in [4.78, 5) is 3.06. The maximum atomic E-state index is 13.5. The van der Waals surface area contributed by atoms with Gasteiger partial charge in [-0.05, 0) is 12.1 Å². The average molecular weight is 275 g/mol. The fourth-order valence-electron chi connectivity index (χ4n) is 1.53. The second kappa shape index (κ2) is 4.83. The summed E-state index contributed by atoms with van der Waals surface area (Å²) in [6.45, 7) is 0. The fourth-order valence-corrected chi connectivity index (χ4v) is 1.53. The van der Waals surface area contributed by atoms with E-state index in [1.807, 2.05) is 0 Å². The SMILES string of the molecule is Fc1nccc(-c2ccccc2OC(F)(F)F)c1F. The lowest BCUT2D eigenvalue weighted by molar-refractivity contribution is -0.274. The summed E-state index contributed by atoms with van der Waals surface area (Å²) < 4.78 is 66.9. The molecule has 0 aliphatic carbocycles. The molecule has 0 aliphatic rings. The monoisotopic (exact) mass is 275 g/mol. The molecule has 0 saturated heterocycles. The van der Waals surface area contributed by atoms with Crippen LogP contribution in [0.3, 0.4) is 0 Å². The van der Waals surface area contributed by atoms with Gasteiger partial charge in [-0.2, -0.15) is 4.39 Å². The van der Waals surface area contributed by atoms with Crippen molar-refractivity contribution in [2.75, 3.05) is 0 Å². The molecular formula is C12H6F5NO. The van der Waals surface area contributed by atoms with E-state index in [1.54, 1.807) is 0 Å². The lowest BCUT2D eigenvalue weighted by Gasteiger charge is -2.13. The van der Waals surface area contributed by atoms with E-state index < -0.39 is 23.9 Å². The van der Waals surface area contributed by atoms with Crippen molar-refractivity contribution < 1.29 is 26.7 Å². The van der Waals surface area contributed by atoms with Crippen LogP contribution in [0.25, 0.3) is 11.1 Å². The summed E-state index contributed by atoms with van der Waals surface area (Å²) in [6.07, 6.45) is -3.96. The summed E-state index contributed by atoms with van der Waals surface area (Å²) in [5, 5.41) is 0. The minimum absolute atomic E-state index is 0.210. The van der Waals surface area contributed by atoms with E-state index in [0.29, 0.717) is 0 Å². The zero-order valence-corrected chi connectivity index (χ0v) is 9.21. The van der Waals surface area contributed by atoms with Gasteiger partial charge in [0.1, 0.15) is 5.75 Å². The second-order valence-corrected chi connectivity index (χ2v) is 3.51. The van der Waals surface area contributed by atoms with Gasteiger partial charge in [-0.15, -0.1) is 13.2 Å². The lowest BCUT2D eigenvalue weighted by Crippen LogP contribution is -2.17. The van der Waals surface area contributed by atoms with Crippen LogP contribution in [0, 0.1) is 11.8 Å². The molecule has 2 aromatic rings. The van der Waals surface area contributed by atoms with E-state index >= 15 is 0 Å². The molecule has 19 heavy (non-hydrogen) atoms. The molecule has 0 atom stereocenters. The number of hydrogen-bond acceptors (Lipinski definition) is 2. The summed E-state index contributed by atoms with van der Waals surface area (Å²) in [6, 6.07) is 5.95. The van der Waals surface area contributed by atoms with Crippen LogP contribution >= 0.6 is 0 Å². The first-order valence-electron chi connectivity index (χ1n) is 5.03. The average Bonchev–Trinajstić information content (AvgIpc) is 2.32. The molecule has 0 spiro atoms. The Bertz CT molecular complexity index is 597. The maximum Gasteiger partial charge on any atom is 0.573 e. The number of hydrogen-bond donors (Lipinski definition) is 0. The van der Waals surface area contributed by atoms with Gasteiger partial charge in [-0.25, -0.2) is 9.37 Å². The number of pyridine rings is 1. The van der Waals surface area contributed by atoms with Crippen molar-refractivity contribution in [3.63, 3.8) is 0 Å². The molecule has 0 fully saturated rings. The molecule has 0 aliphatic heterocycles. The Morgan fingerprint density at radius 1 is 0.947 bits per heavy atom. The van der Waals surface area contributed by atoms with Crippen molar-refractivity contribution in [2.45, 2.75) is 6.36 Å². The third kappa shape index (κ3) is 2.98. The molecule has 0 amide bonds. The molecule has 100 valence electrons. The smallest absolute Gasteiger partial charge is 0.405 e. The summed E-state index contributed by atoms with van der Waals surface area (Å²) in [7, 11) is 0. The first kappa shape index (κ1) is 13.3. The van der Waals surface area contributed by atoms with Crippen LogP contribution in [0.4, 0.5) is 22.0 Å². The molecule has 0 unspecified atom stereocenters. The van der Waals surface area contributed by atoms with Gasteiger partial charge in [-0.1, -0.05) is 18.2 Å². The van der Waals surface area contributed by atoms with Crippen molar-refractivity contribution in [1.82, 2.24) is 4.98 Å². The quantitative estimate of drug-likeness (QED) is 0.612. The minimum Gasteiger partial charge on any atom is -0.405 e. The number of alkyl halides is 3. The van der Waals surface area contributed by atoms with Gasteiger partial charge in [0.15, 0.2) is 5.82 Å². The lowest BCUT2D eigenvalue weighted by atomic mass is 10.1. The van der Waals surface area contributed by atoms with E-state index in [2.05, 4.69) is 9.72 Å². The third-order valence-corrected chi connectivity index (χ3v) is 2.25. The summed E-state index contributed by atoms with van der Waals surface area (Å²) >= 11 is 0. The van der Waals surface area contributed by atoms with E-state index in [-0.39, 0.29) is 11.1 Å². The highest BCUT2D eigenvalue weighted by molar-refractivity contribution is 5.70. The Hall–Kier alpha value is -2.18. The molecule has 2 nitrogen and oxygen atoms in total. The van der Waals surface area contributed by atoms with Crippen LogP contribution in [0.1, 0.15) is 0 Å². The van der Waals surface area contributed by atoms with Gasteiger partial charge < -0.3 is 4.74 Å². The van der Waals surface area contributed by atoms with Gasteiger partial charge in [0.25, 0.3) is 0 Å². The van der Waals surface area contributed by atoms with Crippen LogP contribution in [0.5, 0.6) is 5.75 Å². The maximum absolute atomic E-state index is 13.5. The van der Waals surface area contributed by atoms with Crippen molar-refractivity contribution in [2.24, 2.45) is 0 Å². The van der Waals surface area contributed by atoms with Crippen molar-refractivity contribution in [1.29, 1.82) is 0 Å². The number of benzene rings is 1. The number of para-hydroxylation sites is 1. The first-order chi connectivity index (χ1) is 8.88. The molecule has 0 bridgehead atoms. The Morgan fingerprint density at radius 3 is 2.32 bits per heavy atom. The molecule has 0 saturated carbocycles. The summed E-state index contributed by atoms with van der Waals surface area (Å²) in [5.74, 6) is -3.33. The Morgan fingerprint density at radius 2 is 1.63 bits per heavy atom. The van der Waals surface area contributed by atoms with E-state index in [9.17, 15) is 22.0 Å². The topological polar surface area (TPSA) is 22.1 Å². The Balaban J connectivity index is 2.54. The standard InChI is InChI=1S/C12H6F5NO/c13-10-8(5-6-18-11(10)14)7-3-1-2-4-9(7)19-12(15,16)17/h1-6H. The highest BCUT2D eigenvalue weighted by Gasteiger charge is 2.32. The van der Waals surface area contributed by atoms with Crippen molar-refractivity contribution in [3.8, 4) is 16.9 Å².